The molecular weight excluding hydrogens is 300 g/mol. The number of hydrogen-bond donors (Lipinski definition) is 0. The van der Waals surface area contributed by atoms with E-state index in [9.17, 15) is 0 Å². The molecule has 2 heteroatoms. The maximum Gasteiger partial charge on any atom is 0.122 e. The molecular formula is C17H25BrO. The van der Waals surface area contributed by atoms with Gasteiger partial charge in [-0.3, -0.25) is 0 Å². The molecule has 106 valence electrons. The minimum absolute atomic E-state index is 0.332. The van der Waals surface area contributed by atoms with E-state index in [2.05, 4.69) is 54.9 Å². The molecule has 0 bridgehead atoms. The van der Waals surface area contributed by atoms with Gasteiger partial charge in [0, 0.05) is 4.83 Å². The summed E-state index contributed by atoms with van der Waals surface area (Å²) < 4.78 is 5.51. The molecule has 19 heavy (non-hydrogen) atoms. The van der Waals surface area contributed by atoms with E-state index in [0.717, 1.165) is 18.1 Å². The molecule has 1 aromatic carbocycles. The zero-order valence-electron chi connectivity index (χ0n) is 12.4. The Morgan fingerprint density at radius 1 is 1.26 bits per heavy atom. The van der Waals surface area contributed by atoms with Gasteiger partial charge in [0.1, 0.15) is 5.75 Å². The number of halogens is 1. The summed E-state index contributed by atoms with van der Waals surface area (Å²) in [5.41, 5.74) is 1.68. The van der Waals surface area contributed by atoms with Crippen molar-refractivity contribution in [2.45, 2.75) is 44.9 Å². The zero-order chi connectivity index (χ0) is 14.0. The highest BCUT2D eigenvalue weighted by atomic mass is 79.9. The summed E-state index contributed by atoms with van der Waals surface area (Å²) in [4.78, 5) is 0.621. The molecule has 0 amide bonds. The van der Waals surface area contributed by atoms with Crippen LogP contribution >= 0.6 is 15.9 Å². The molecule has 3 atom stereocenters. The fourth-order valence-electron chi connectivity index (χ4n) is 3.52. The number of methoxy groups -OCH3 is 1. The molecule has 0 N–H and O–H groups in total. The molecule has 0 aliphatic heterocycles. The molecule has 1 fully saturated rings. The van der Waals surface area contributed by atoms with Crippen LogP contribution in [0.3, 0.4) is 0 Å². The van der Waals surface area contributed by atoms with Crippen LogP contribution in [0.5, 0.6) is 5.75 Å². The number of alkyl halides is 1. The van der Waals surface area contributed by atoms with Gasteiger partial charge in [-0.05, 0) is 48.1 Å². The molecule has 0 heterocycles. The van der Waals surface area contributed by atoms with E-state index in [-0.39, 0.29) is 0 Å². The van der Waals surface area contributed by atoms with Crippen LogP contribution in [0.25, 0.3) is 0 Å². The third-order valence-electron chi connectivity index (χ3n) is 4.96. The van der Waals surface area contributed by atoms with Crippen molar-refractivity contribution >= 4 is 15.9 Å². The van der Waals surface area contributed by atoms with Gasteiger partial charge >= 0.3 is 0 Å². The third-order valence-corrected chi connectivity index (χ3v) is 6.60. The lowest BCUT2D eigenvalue weighted by atomic mass is 9.62. The Morgan fingerprint density at radius 2 is 1.95 bits per heavy atom. The maximum atomic E-state index is 5.51. The molecule has 0 saturated heterocycles. The van der Waals surface area contributed by atoms with Crippen LogP contribution in [0, 0.1) is 17.3 Å². The fourth-order valence-corrected chi connectivity index (χ4v) is 4.12. The van der Waals surface area contributed by atoms with Gasteiger partial charge in [-0.1, -0.05) is 54.9 Å². The van der Waals surface area contributed by atoms with Crippen LogP contribution in [0.1, 0.15) is 39.2 Å². The van der Waals surface area contributed by atoms with Gasteiger partial charge in [-0.25, -0.2) is 0 Å². The predicted octanol–water partition coefficient (Wildman–Crippen LogP) is 5.07. The molecule has 1 nitrogen and oxygen atoms in total. The summed E-state index contributed by atoms with van der Waals surface area (Å²) in [7, 11) is 1.77. The second-order valence-corrected chi connectivity index (χ2v) is 7.57. The van der Waals surface area contributed by atoms with Crippen LogP contribution in [-0.4, -0.2) is 11.9 Å². The second kappa shape index (κ2) is 5.87. The van der Waals surface area contributed by atoms with Crippen LogP contribution in [0.2, 0.25) is 0 Å². The standard InChI is InChI=1S/C17H25BrO/c1-12-9-10-16(18)17(2,3)14(12)11-13-7-5-6-8-15(13)19-4/h5-8,12,14,16H,9-11H2,1-4H3/t12?,14-,16+/m1/s1. The van der Waals surface area contributed by atoms with Gasteiger partial charge in [0.2, 0.25) is 0 Å². The van der Waals surface area contributed by atoms with Crippen molar-refractivity contribution in [2.75, 3.05) is 7.11 Å². The van der Waals surface area contributed by atoms with E-state index in [1.54, 1.807) is 7.11 Å². The lowest BCUT2D eigenvalue weighted by molar-refractivity contribution is 0.0937. The van der Waals surface area contributed by atoms with Crippen LogP contribution in [0.15, 0.2) is 24.3 Å². The van der Waals surface area contributed by atoms with E-state index >= 15 is 0 Å². The topological polar surface area (TPSA) is 9.23 Å². The Balaban J connectivity index is 2.24. The Morgan fingerprint density at radius 3 is 2.63 bits per heavy atom. The van der Waals surface area contributed by atoms with Gasteiger partial charge in [0.05, 0.1) is 7.11 Å². The first-order valence-electron chi connectivity index (χ1n) is 7.22. The van der Waals surface area contributed by atoms with Gasteiger partial charge in [-0.2, -0.15) is 0 Å². The Kier molecular flexibility index (Phi) is 4.60. The smallest absolute Gasteiger partial charge is 0.122 e. The molecule has 1 aliphatic carbocycles. The number of rotatable bonds is 3. The van der Waals surface area contributed by atoms with Crippen molar-refractivity contribution in [3.63, 3.8) is 0 Å². The molecule has 0 aromatic heterocycles. The summed E-state index contributed by atoms with van der Waals surface area (Å²) in [5, 5.41) is 0. The van der Waals surface area contributed by atoms with Gasteiger partial charge in [0.25, 0.3) is 0 Å². The lowest BCUT2D eigenvalue weighted by Gasteiger charge is -2.46. The van der Waals surface area contributed by atoms with Gasteiger partial charge in [0.15, 0.2) is 0 Å². The molecule has 2 rings (SSSR count). The Hall–Kier alpha value is -0.500. The SMILES string of the molecule is COc1ccccc1C[C@@H]1C(C)CC[C@H](Br)C1(C)C. The Bertz CT molecular complexity index is 427. The quantitative estimate of drug-likeness (QED) is 0.705. The molecule has 0 spiro atoms. The summed E-state index contributed by atoms with van der Waals surface area (Å²) in [6.07, 6.45) is 3.72. The summed E-state index contributed by atoms with van der Waals surface area (Å²) in [6.45, 7) is 7.21. The molecule has 1 aliphatic rings. The van der Waals surface area contributed by atoms with Crippen LogP contribution in [0.4, 0.5) is 0 Å². The van der Waals surface area contributed by atoms with E-state index in [0.29, 0.717) is 16.2 Å². The zero-order valence-corrected chi connectivity index (χ0v) is 14.0. The summed E-state index contributed by atoms with van der Waals surface area (Å²) in [5.74, 6) is 2.50. The van der Waals surface area contributed by atoms with E-state index in [1.807, 2.05) is 6.07 Å². The largest absolute Gasteiger partial charge is 0.496 e. The number of ether oxygens (including phenoxy) is 1. The molecule has 1 saturated carbocycles. The summed E-state index contributed by atoms with van der Waals surface area (Å²) >= 11 is 3.90. The Labute approximate surface area is 125 Å². The van der Waals surface area contributed by atoms with Crippen molar-refractivity contribution in [1.29, 1.82) is 0 Å². The normalized spacial score (nSPS) is 30.1. The molecule has 1 unspecified atom stereocenters. The average molecular weight is 325 g/mol. The van der Waals surface area contributed by atoms with E-state index in [1.165, 1.54) is 18.4 Å². The first-order valence-corrected chi connectivity index (χ1v) is 8.14. The van der Waals surface area contributed by atoms with Crippen molar-refractivity contribution in [2.24, 2.45) is 17.3 Å². The number of hydrogen-bond acceptors (Lipinski definition) is 1. The van der Waals surface area contributed by atoms with Gasteiger partial charge < -0.3 is 4.74 Å². The highest BCUT2D eigenvalue weighted by Gasteiger charge is 2.42. The van der Waals surface area contributed by atoms with Crippen LogP contribution < -0.4 is 4.74 Å². The van der Waals surface area contributed by atoms with Crippen molar-refractivity contribution in [3.8, 4) is 5.75 Å². The van der Waals surface area contributed by atoms with E-state index < -0.39 is 0 Å². The van der Waals surface area contributed by atoms with E-state index in [4.69, 9.17) is 4.74 Å². The van der Waals surface area contributed by atoms with Crippen molar-refractivity contribution < 1.29 is 4.74 Å². The van der Waals surface area contributed by atoms with Gasteiger partial charge in [-0.15, -0.1) is 0 Å². The second-order valence-electron chi connectivity index (χ2n) is 6.47. The third kappa shape index (κ3) is 2.99. The van der Waals surface area contributed by atoms with Crippen molar-refractivity contribution in [1.82, 2.24) is 0 Å². The summed E-state index contributed by atoms with van der Waals surface area (Å²) in [6, 6.07) is 8.44. The maximum absolute atomic E-state index is 5.51. The number of para-hydroxylation sites is 1. The fraction of sp³-hybridized carbons (Fsp3) is 0.647. The monoisotopic (exact) mass is 324 g/mol. The van der Waals surface area contributed by atoms with Crippen molar-refractivity contribution in [3.05, 3.63) is 29.8 Å². The molecule has 0 radical (unpaired) electrons. The first kappa shape index (κ1) is 14.9. The predicted molar refractivity (Wildman–Crippen MR) is 85.1 cm³/mol. The highest BCUT2D eigenvalue weighted by Crippen LogP contribution is 2.49. The van der Waals surface area contributed by atoms with Crippen LogP contribution in [-0.2, 0) is 6.42 Å². The minimum Gasteiger partial charge on any atom is -0.496 e. The highest BCUT2D eigenvalue weighted by molar-refractivity contribution is 9.09. The molecule has 1 aromatic rings. The first-order chi connectivity index (χ1) is 8.96. The lowest BCUT2D eigenvalue weighted by Crippen LogP contribution is -2.42. The average Bonchev–Trinajstić information content (AvgIpc) is 2.40. The minimum atomic E-state index is 0.332. The number of benzene rings is 1.